The predicted octanol–water partition coefficient (Wildman–Crippen LogP) is 0.439. The number of hydrogen-bond donors (Lipinski definition) is 1. The minimum absolute atomic E-state index is 0.492. The molecule has 1 aromatic carbocycles. The van der Waals surface area contributed by atoms with E-state index in [1.165, 1.54) is 0 Å². The lowest BCUT2D eigenvalue weighted by Crippen LogP contribution is -2.32. The van der Waals surface area contributed by atoms with Gasteiger partial charge in [-0.2, -0.15) is 8.70 Å². The number of nitro groups is 1. The van der Waals surface area contributed by atoms with Crippen LogP contribution in [0.1, 0.15) is 0 Å². The number of likely N-dealkylation sites (N-methyl/N-ethyl adjacent to an activating group) is 1. The lowest BCUT2D eigenvalue weighted by molar-refractivity contribution is -0.387. The highest BCUT2D eigenvalue weighted by Gasteiger charge is 2.26. The number of halogens is 1. The fraction of sp³-hybridized carbons (Fsp3) is 0.222. The van der Waals surface area contributed by atoms with Gasteiger partial charge in [0.2, 0.25) is 15.8 Å². The first kappa shape index (κ1) is 15.0. The highest BCUT2D eigenvalue weighted by Crippen LogP contribution is 2.23. The first-order valence-corrected chi connectivity index (χ1v) is 6.22. The van der Waals surface area contributed by atoms with E-state index in [9.17, 15) is 27.7 Å². The van der Waals surface area contributed by atoms with Gasteiger partial charge in [-0.3, -0.25) is 14.9 Å². The summed E-state index contributed by atoms with van der Waals surface area (Å²) in [6.07, 6.45) is 0. The third kappa shape index (κ3) is 3.23. The van der Waals surface area contributed by atoms with Crippen LogP contribution in [-0.4, -0.2) is 42.3 Å². The molecular weight excluding hydrogens is 283 g/mol. The van der Waals surface area contributed by atoms with Crippen molar-refractivity contribution in [1.29, 1.82) is 0 Å². The Kier molecular flexibility index (Phi) is 4.17. The van der Waals surface area contributed by atoms with Gasteiger partial charge in [0.1, 0.15) is 6.54 Å². The van der Waals surface area contributed by atoms with Crippen LogP contribution >= 0.6 is 0 Å². The van der Waals surface area contributed by atoms with E-state index in [-0.39, 0.29) is 0 Å². The molecular formula is C9H9FN2O6S. The standard InChI is InChI=1S/C9H9FN2O6S/c1-11(5-9(13)14)19(17,18)6-2-3-7(10)8(4-6)12(15)16/h2-4H,5H2,1H3,(H,13,14). The summed E-state index contributed by atoms with van der Waals surface area (Å²) in [4.78, 5) is 19.3. The molecule has 1 rings (SSSR count). The van der Waals surface area contributed by atoms with Gasteiger partial charge in [-0.15, -0.1) is 0 Å². The van der Waals surface area contributed by atoms with Crippen LogP contribution < -0.4 is 0 Å². The highest BCUT2D eigenvalue weighted by molar-refractivity contribution is 7.89. The smallest absolute Gasteiger partial charge is 0.318 e. The zero-order valence-electron chi connectivity index (χ0n) is 9.61. The van der Waals surface area contributed by atoms with Gasteiger partial charge >= 0.3 is 11.7 Å². The van der Waals surface area contributed by atoms with Crippen molar-refractivity contribution in [2.45, 2.75) is 4.90 Å². The first-order valence-electron chi connectivity index (χ1n) is 4.78. The number of aliphatic carboxylic acids is 1. The third-order valence-electron chi connectivity index (χ3n) is 2.18. The Morgan fingerprint density at radius 3 is 2.58 bits per heavy atom. The second-order valence-corrected chi connectivity index (χ2v) is 5.57. The number of nitro benzene ring substituents is 1. The van der Waals surface area contributed by atoms with Crippen molar-refractivity contribution < 1.29 is 27.6 Å². The molecule has 0 saturated heterocycles. The first-order chi connectivity index (χ1) is 8.66. The fourth-order valence-corrected chi connectivity index (χ4v) is 2.39. The van der Waals surface area contributed by atoms with Crippen LogP contribution in [0.25, 0.3) is 0 Å². The van der Waals surface area contributed by atoms with E-state index in [1.807, 2.05) is 0 Å². The van der Waals surface area contributed by atoms with Crippen molar-refractivity contribution in [2.75, 3.05) is 13.6 Å². The van der Waals surface area contributed by atoms with Gasteiger partial charge in [-0.1, -0.05) is 0 Å². The maximum Gasteiger partial charge on any atom is 0.318 e. The average molecular weight is 292 g/mol. The van der Waals surface area contributed by atoms with Crippen molar-refractivity contribution in [3.63, 3.8) is 0 Å². The molecule has 0 aliphatic carbocycles. The monoisotopic (exact) mass is 292 g/mol. The van der Waals surface area contributed by atoms with Crippen molar-refractivity contribution in [3.05, 3.63) is 34.1 Å². The number of nitrogens with zero attached hydrogens (tertiary/aromatic N) is 2. The number of carboxylic acid groups (broad SMARTS) is 1. The topological polar surface area (TPSA) is 118 Å². The van der Waals surface area contributed by atoms with Gasteiger partial charge in [0.05, 0.1) is 9.82 Å². The van der Waals surface area contributed by atoms with Crippen LogP contribution in [-0.2, 0) is 14.8 Å². The number of benzene rings is 1. The zero-order valence-corrected chi connectivity index (χ0v) is 10.4. The maximum absolute atomic E-state index is 13.1. The molecule has 0 fully saturated rings. The van der Waals surface area contributed by atoms with Crippen LogP contribution in [0.2, 0.25) is 0 Å². The number of sulfonamides is 1. The molecule has 0 radical (unpaired) electrons. The molecule has 0 heterocycles. The minimum Gasteiger partial charge on any atom is -0.480 e. The van der Waals surface area contributed by atoms with Crippen LogP contribution in [0.4, 0.5) is 10.1 Å². The van der Waals surface area contributed by atoms with E-state index in [4.69, 9.17) is 5.11 Å². The van der Waals surface area contributed by atoms with Crippen LogP contribution in [0, 0.1) is 15.9 Å². The van der Waals surface area contributed by atoms with Gasteiger partial charge in [0, 0.05) is 13.1 Å². The van der Waals surface area contributed by atoms with Gasteiger partial charge in [0.15, 0.2) is 0 Å². The number of hydrogen-bond acceptors (Lipinski definition) is 5. The Balaban J connectivity index is 3.26. The zero-order chi connectivity index (χ0) is 14.8. The normalized spacial score (nSPS) is 11.5. The highest BCUT2D eigenvalue weighted by atomic mass is 32.2. The van der Waals surface area contributed by atoms with Gasteiger partial charge in [0.25, 0.3) is 0 Å². The summed E-state index contributed by atoms with van der Waals surface area (Å²) in [5, 5.41) is 19.0. The number of carbonyl (C=O) groups is 1. The lowest BCUT2D eigenvalue weighted by atomic mass is 10.3. The van der Waals surface area contributed by atoms with E-state index >= 15 is 0 Å². The maximum atomic E-state index is 13.1. The molecule has 8 nitrogen and oxygen atoms in total. The Labute approximate surface area is 107 Å². The second kappa shape index (κ2) is 5.28. The molecule has 1 aromatic rings. The van der Waals surface area contributed by atoms with Crippen LogP contribution in [0.15, 0.2) is 23.1 Å². The van der Waals surface area contributed by atoms with Crippen molar-refractivity contribution in [3.8, 4) is 0 Å². The number of rotatable bonds is 5. The molecule has 104 valence electrons. The van der Waals surface area contributed by atoms with Gasteiger partial charge in [-0.25, -0.2) is 8.42 Å². The molecule has 0 amide bonds. The summed E-state index contributed by atoms with van der Waals surface area (Å²) < 4.78 is 37.3. The number of carboxylic acids is 1. The summed E-state index contributed by atoms with van der Waals surface area (Å²) >= 11 is 0. The van der Waals surface area contributed by atoms with Gasteiger partial charge in [-0.05, 0) is 12.1 Å². The fourth-order valence-electron chi connectivity index (χ4n) is 1.25. The van der Waals surface area contributed by atoms with E-state index in [1.54, 1.807) is 0 Å². The SMILES string of the molecule is CN(CC(=O)O)S(=O)(=O)c1ccc(F)c([N+](=O)[O-])c1. The lowest BCUT2D eigenvalue weighted by Gasteiger charge is -2.14. The van der Waals surface area contributed by atoms with Crippen LogP contribution in [0.5, 0.6) is 0 Å². The Morgan fingerprint density at radius 1 is 1.53 bits per heavy atom. The van der Waals surface area contributed by atoms with Crippen molar-refractivity contribution in [1.82, 2.24) is 4.31 Å². The van der Waals surface area contributed by atoms with E-state index < -0.39 is 43.9 Å². The quantitative estimate of drug-likeness (QED) is 0.621. The molecule has 0 saturated carbocycles. The van der Waals surface area contributed by atoms with Crippen molar-refractivity contribution in [2.24, 2.45) is 0 Å². The largest absolute Gasteiger partial charge is 0.480 e. The predicted molar refractivity (Wildman–Crippen MR) is 60.5 cm³/mol. The van der Waals surface area contributed by atoms with E-state index in [0.29, 0.717) is 16.4 Å². The molecule has 0 bridgehead atoms. The Morgan fingerprint density at radius 2 is 2.11 bits per heavy atom. The van der Waals surface area contributed by atoms with Crippen molar-refractivity contribution >= 4 is 21.7 Å². The molecule has 1 N–H and O–H groups in total. The minimum atomic E-state index is -4.23. The Hall–Kier alpha value is -2.07. The van der Waals surface area contributed by atoms with E-state index in [0.717, 1.165) is 13.1 Å². The van der Waals surface area contributed by atoms with Crippen LogP contribution in [0.3, 0.4) is 0 Å². The molecule has 19 heavy (non-hydrogen) atoms. The second-order valence-electron chi connectivity index (χ2n) is 3.53. The molecule has 0 aliphatic heterocycles. The Bertz CT molecular complexity index is 630. The summed E-state index contributed by atoms with van der Waals surface area (Å²) in [6.45, 7) is -0.812. The average Bonchev–Trinajstić information content (AvgIpc) is 2.27. The summed E-state index contributed by atoms with van der Waals surface area (Å²) in [5.41, 5.74) is -0.996. The summed E-state index contributed by atoms with van der Waals surface area (Å²) in [6, 6.07) is 2.01. The summed E-state index contributed by atoms with van der Waals surface area (Å²) in [7, 11) is -3.23. The summed E-state index contributed by atoms with van der Waals surface area (Å²) in [5.74, 6) is -2.56. The molecule has 10 heteroatoms. The molecule has 0 atom stereocenters. The molecule has 0 spiro atoms. The third-order valence-corrected chi connectivity index (χ3v) is 3.98. The van der Waals surface area contributed by atoms with E-state index in [2.05, 4.69) is 0 Å². The molecule has 0 aliphatic rings. The van der Waals surface area contributed by atoms with Gasteiger partial charge < -0.3 is 5.11 Å². The molecule has 0 unspecified atom stereocenters. The molecule has 0 aromatic heterocycles.